The van der Waals surface area contributed by atoms with Crippen molar-refractivity contribution in [2.24, 2.45) is 0 Å². The van der Waals surface area contributed by atoms with Crippen LogP contribution in [0.25, 0.3) is 0 Å². The van der Waals surface area contributed by atoms with E-state index in [1.807, 2.05) is 6.92 Å². The molecular weight excluding hydrogens is 278 g/mol. The van der Waals surface area contributed by atoms with Crippen LogP contribution >= 0.6 is 23.2 Å². The highest BCUT2D eigenvalue weighted by atomic mass is 35.5. The predicted octanol–water partition coefficient (Wildman–Crippen LogP) is 3.58. The van der Waals surface area contributed by atoms with Gasteiger partial charge < -0.3 is 0 Å². The van der Waals surface area contributed by atoms with Gasteiger partial charge in [0.15, 0.2) is 0 Å². The Labute approximate surface area is 113 Å². The summed E-state index contributed by atoms with van der Waals surface area (Å²) in [6, 6.07) is 4.07. The Hall–Kier alpha value is -1.39. The van der Waals surface area contributed by atoms with Gasteiger partial charge in [0.1, 0.15) is 11.5 Å². The monoisotopic (exact) mass is 286 g/mol. The van der Waals surface area contributed by atoms with Crippen LogP contribution in [0.4, 0.5) is 4.39 Å². The van der Waals surface area contributed by atoms with E-state index in [0.717, 1.165) is 0 Å². The molecule has 0 spiro atoms. The second-order valence-corrected chi connectivity index (χ2v) is 4.40. The zero-order chi connectivity index (χ0) is 13.3. The predicted molar refractivity (Wildman–Crippen MR) is 67.8 cm³/mol. The molecule has 0 bridgehead atoms. The zero-order valence-corrected chi connectivity index (χ0v) is 11.0. The van der Waals surface area contributed by atoms with Gasteiger partial charge in [-0.25, -0.2) is 4.39 Å². The molecule has 2 aromatic rings. The largest absolute Gasteiger partial charge is 0.287 e. The molecule has 0 radical (unpaired) electrons. The van der Waals surface area contributed by atoms with Crippen LogP contribution in [0.3, 0.4) is 0 Å². The molecular formula is C12H9Cl2FN2O. The van der Waals surface area contributed by atoms with Crippen molar-refractivity contribution < 1.29 is 9.18 Å². The summed E-state index contributed by atoms with van der Waals surface area (Å²) in [4.78, 5) is 12.3. The summed E-state index contributed by atoms with van der Waals surface area (Å²) < 4.78 is 15.1. The van der Waals surface area contributed by atoms with Crippen LogP contribution in [0.1, 0.15) is 23.0 Å². The summed E-state index contributed by atoms with van der Waals surface area (Å²) in [6.45, 7) is 2.27. The van der Waals surface area contributed by atoms with Crippen molar-refractivity contribution in [3.63, 3.8) is 0 Å². The molecule has 0 atom stereocenters. The number of carbonyl (C=O) groups is 1. The standard InChI is InChI=1S/C12H9Cl2FN2O/c1-2-17-11(8(14)6-16-17)12(18)10-7(13)4-3-5-9(10)15/h3-6H,2H2,1H3. The molecule has 2 rings (SSSR count). The van der Waals surface area contributed by atoms with Crippen LogP contribution < -0.4 is 0 Å². The lowest BCUT2D eigenvalue weighted by atomic mass is 10.1. The van der Waals surface area contributed by atoms with Crippen molar-refractivity contribution in [2.75, 3.05) is 0 Å². The Morgan fingerprint density at radius 2 is 2.11 bits per heavy atom. The number of halogens is 3. The van der Waals surface area contributed by atoms with Crippen LogP contribution in [0.15, 0.2) is 24.4 Å². The number of nitrogens with zero attached hydrogens (tertiary/aromatic N) is 2. The minimum absolute atomic E-state index is 0.0555. The van der Waals surface area contributed by atoms with E-state index in [2.05, 4.69) is 5.10 Å². The summed E-state index contributed by atoms with van der Waals surface area (Å²) in [5, 5.41) is 4.18. The molecule has 0 fully saturated rings. The van der Waals surface area contributed by atoms with Crippen molar-refractivity contribution in [3.8, 4) is 0 Å². The number of aromatic nitrogens is 2. The third-order valence-electron chi connectivity index (χ3n) is 2.50. The first-order valence-corrected chi connectivity index (χ1v) is 6.01. The summed E-state index contributed by atoms with van der Waals surface area (Å²) in [6.07, 6.45) is 1.35. The molecule has 0 aliphatic heterocycles. The van der Waals surface area contributed by atoms with Gasteiger partial charge in [0, 0.05) is 6.54 Å². The summed E-state index contributed by atoms with van der Waals surface area (Å²) >= 11 is 11.8. The molecule has 0 unspecified atom stereocenters. The Bertz CT molecular complexity index is 590. The van der Waals surface area contributed by atoms with Gasteiger partial charge in [-0.3, -0.25) is 9.48 Å². The molecule has 1 aromatic carbocycles. The lowest BCUT2D eigenvalue weighted by Crippen LogP contribution is -2.13. The van der Waals surface area contributed by atoms with Crippen molar-refractivity contribution in [1.82, 2.24) is 9.78 Å². The number of carbonyl (C=O) groups excluding carboxylic acids is 1. The molecule has 3 nitrogen and oxygen atoms in total. The average Bonchev–Trinajstić information content (AvgIpc) is 2.70. The third kappa shape index (κ3) is 2.13. The first kappa shape index (κ1) is 13.1. The van der Waals surface area contributed by atoms with E-state index in [-0.39, 0.29) is 21.3 Å². The number of rotatable bonds is 3. The number of benzene rings is 1. The second-order valence-electron chi connectivity index (χ2n) is 3.58. The number of ketones is 1. The van der Waals surface area contributed by atoms with E-state index < -0.39 is 11.6 Å². The van der Waals surface area contributed by atoms with E-state index >= 15 is 0 Å². The van der Waals surface area contributed by atoms with Gasteiger partial charge >= 0.3 is 0 Å². The van der Waals surface area contributed by atoms with E-state index in [4.69, 9.17) is 23.2 Å². The maximum atomic E-state index is 13.7. The lowest BCUT2D eigenvalue weighted by Gasteiger charge is -2.07. The maximum absolute atomic E-state index is 13.7. The van der Waals surface area contributed by atoms with Crippen LogP contribution in [-0.4, -0.2) is 15.6 Å². The fraction of sp³-hybridized carbons (Fsp3) is 0.167. The fourth-order valence-corrected chi connectivity index (χ4v) is 2.14. The molecule has 1 aromatic heterocycles. The number of hydrogen-bond donors (Lipinski definition) is 0. The summed E-state index contributed by atoms with van der Waals surface area (Å²) in [5.74, 6) is -1.24. The Balaban J connectivity index is 2.58. The molecule has 0 aliphatic rings. The highest BCUT2D eigenvalue weighted by molar-refractivity contribution is 6.37. The third-order valence-corrected chi connectivity index (χ3v) is 3.09. The summed E-state index contributed by atoms with van der Waals surface area (Å²) in [7, 11) is 0. The molecule has 18 heavy (non-hydrogen) atoms. The number of hydrogen-bond acceptors (Lipinski definition) is 2. The lowest BCUT2D eigenvalue weighted by molar-refractivity contribution is 0.102. The molecule has 94 valence electrons. The van der Waals surface area contributed by atoms with E-state index in [9.17, 15) is 9.18 Å². The Morgan fingerprint density at radius 1 is 1.39 bits per heavy atom. The minimum Gasteiger partial charge on any atom is -0.287 e. The average molecular weight is 287 g/mol. The van der Waals surface area contributed by atoms with Crippen LogP contribution in [-0.2, 0) is 6.54 Å². The topological polar surface area (TPSA) is 34.9 Å². The molecule has 1 heterocycles. The van der Waals surface area contributed by atoms with E-state index in [1.165, 1.54) is 29.1 Å². The quantitative estimate of drug-likeness (QED) is 0.809. The van der Waals surface area contributed by atoms with E-state index in [0.29, 0.717) is 6.54 Å². The van der Waals surface area contributed by atoms with E-state index in [1.54, 1.807) is 0 Å². The zero-order valence-electron chi connectivity index (χ0n) is 9.45. The number of aryl methyl sites for hydroxylation is 1. The molecule has 0 saturated carbocycles. The smallest absolute Gasteiger partial charge is 0.217 e. The normalized spacial score (nSPS) is 10.7. The van der Waals surface area contributed by atoms with Crippen molar-refractivity contribution in [1.29, 1.82) is 0 Å². The first-order valence-electron chi connectivity index (χ1n) is 5.26. The van der Waals surface area contributed by atoms with Gasteiger partial charge in [-0.15, -0.1) is 0 Å². The first-order chi connectivity index (χ1) is 8.56. The highest BCUT2D eigenvalue weighted by Crippen LogP contribution is 2.25. The highest BCUT2D eigenvalue weighted by Gasteiger charge is 2.23. The van der Waals surface area contributed by atoms with Crippen LogP contribution in [0.2, 0.25) is 10.0 Å². The minimum atomic E-state index is -0.674. The molecule has 0 aliphatic carbocycles. The van der Waals surface area contributed by atoms with Crippen LogP contribution in [0.5, 0.6) is 0 Å². The Morgan fingerprint density at radius 3 is 2.72 bits per heavy atom. The maximum Gasteiger partial charge on any atom is 0.217 e. The van der Waals surface area contributed by atoms with Crippen molar-refractivity contribution in [2.45, 2.75) is 13.5 Å². The second kappa shape index (κ2) is 5.08. The van der Waals surface area contributed by atoms with Gasteiger partial charge in [0.05, 0.1) is 21.8 Å². The van der Waals surface area contributed by atoms with Crippen LogP contribution in [0, 0.1) is 5.82 Å². The Kier molecular flexibility index (Phi) is 3.68. The molecule has 0 saturated heterocycles. The van der Waals surface area contributed by atoms with Gasteiger partial charge in [0.2, 0.25) is 5.78 Å². The van der Waals surface area contributed by atoms with Gasteiger partial charge in [-0.2, -0.15) is 5.10 Å². The van der Waals surface area contributed by atoms with Crippen molar-refractivity contribution >= 4 is 29.0 Å². The molecule has 6 heteroatoms. The van der Waals surface area contributed by atoms with Crippen molar-refractivity contribution in [3.05, 3.63) is 51.5 Å². The van der Waals surface area contributed by atoms with Gasteiger partial charge in [-0.1, -0.05) is 29.3 Å². The van der Waals surface area contributed by atoms with Gasteiger partial charge in [0.25, 0.3) is 0 Å². The van der Waals surface area contributed by atoms with Gasteiger partial charge in [-0.05, 0) is 19.1 Å². The fourth-order valence-electron chi connectivity index (χ4n) is 1.66. The molecule has 0 N–H and O–H groups in total. The SMILES string of the molecule is CCn1ncc(Cl)c1C(=O)c1c(F)cccc1Cl. The summed E-state index contributed by atoms with van der Waals surface area (Å²) in [5.41, 5.74) is -0.0394. The molecule has 0 amide bonds.